The van der Waals surface area contributed by atoms with Crippen molar-refractivity contribution in [3.05, 3.63) is 0 Å². The first-order valence-corrected chi connectivity index (χ1v) is 10.0. The molecule has 0 aromatic carbocycles. The van der Waals surface area contributed by atoms with Crippen LogP contribution >= 0.6 is 0 Å². The standard InChI is InChI=1S/C20H41N/c1-3-5-7-9-11-13-15-18(19-16-20(21)17-19)14-12-10-8-6-4-2/h18-20H,3-17,21H2,1-2H3. The fourth-order valence-corrected chi connectivity index (χ4v) is 3.91. The van der Waals surface area contributed by atoms with Gasteiger partial charge in [-0.1, -0.05) is 97.3 Å². The average molecular weight is 296 g/mol. The molecule has 1 aliphatic rings. The van der Waals surface area contributed by atoms with Crippen molar-refractivity contribution in [2.45, 2.75) is 116 Å². The number of unbranched alkanes of at least 4 members (excludes halogenated alkanes) is 9. The largest absolute Gasteiger partial charge is 0.328 e. The molecule has 0 radical (unpaired) electrons. The summed E-state index contributed by atoms with van der Waals surface area (Å²) >= 11 is 0. The van der Waals surface area contributed by atoms with Gasteiger partial charge in [-0.15, -0.1) is 0 Å². The second kappa shape index (κ2) is 12.5. The molecule has 1 unspecified atom stereocenters. The minimum absolute atomic E-state index is 0.530. The third-order valence-electron chi connectivity index (χ3n) is 5.48. The van der Waals surface area contributed by atoms with E-state index in [1.165, 1.54) is 96.3 Å². The summed E-state index contributed by atoms with van der Waals surface area (Å²) in [5.41, 5.74) is 6.01. The molecule has 1 aliphatic carbocycles. The molecule has 126 valence electrons. The Kier molecular flexibility index (Phi) is 11.3. The zero-order valence-corrected chi connectivity index (χ0v) is 14.9. The smallest absolute Gasteiger partial charge is 0.00443 e. The lowest BCUT2D eigenvalue weighted by Gasteiger charge is -2.39. The molecule has 0 aromatic rings. The van der Waals surface area contributed by atoms with Crippen molar-refractivity contribution in [2.75, 3.05) is 0 Å². The highest BCUT2D eigenvalue weighted by Crippen LogP contribution is 2.38. The fourth-order valence-electron chi connectivity index (χ4n) is 3.91. The zero-order valence-electron chi connectivity index (χ0n) is 14.9. The monoisotopic (exact) mass is 295 g/mol. The highest BCUT2D eigenvalue weighted by Gasteiger charge is 2.31. The van der Waals surface area contributed by atoms with Gasteiger partial charge in [-0.25, -0.2) is 0 Å². The van der Waals surface area contributed by atoms with Crippen LogP contribution in [0.5, 0.6) is 0 Å². The molecule has 2 N–H and O–H groups in total. The predicted octanol–water partition coefficient (Wildman–Crippen LogP) is 6.45. The topological polar surface area (TPSA) is 26.0 Å². The van der Waals surface area contributed by atoms with Crippen LogP contribution in [0.25, 0.3) is 0 Å². The minimum Gasteiger partial charge on any atom is -0.328 e. The number of hydrogen-bond donors (Lipinski definition) is 1. The summed E-state index contributed by atoms with van der Waals surface area (Å²) in [6, 6.07) is 0.530. The van der Waals surface area contributed by atoms with Crippen LogP contribution in [0.4, 0.5) is 0 Å². The molecule has 21 heavy (non-hydrogen) atoms. The quantitative estimate of drug-likeness (QED) is 0.366. The van der Waals surface area contributed by atoms with Crippen LogP contribution in [0, 0.1) is 11.8 Å². The van der Waals surface area contributed by atoms with E-state index in [-0.39, 0.29) is 0 Å². The van der Waals surface area contributed by atoms with E-state index in [0.29, 0.717) is 6.04 Å². The van der Waals surface area contributed by atoms with E-state index in [2.05, 4.69) is 13.8 Å². The summed E-state index contributed by atoms with van der Waals surface area (Å²) in [6.07, 6.45) is 21.4. The summed E-state index contributed by atoms with van der Waals surface area (Å²) < 4.78 is 0. The third kappa shape index (κ3) is 8.86. The van der Waals surface area contributed by atoms with Crippen molar-refractivity contribution in [3.8, 4) is 0 Å². The highest BCUT2D eigenvalue weighted by molar-refractivity contribution is 4.86. The van der Waals surface area contributed by atoms with Gasteiger partial charge in [0.25, 0.3) is 0 Å². The van der Waals surface area contributed by atoms with Gasteiger partial charge in [-0.05, 0) is 24.7 Å². The normalized spacial score (nSPS) is 23.0. The van der Waals surface area contributed by atoms with E-state index >= 15 is 0 Å². The van der Waals surface area contributed by atoms with Crippen molar-refractivity contribution in [1.82, 2.24) is 0 Å². The van der Waals surface area contributed by atoms with Gasteiger partial charge in [0.05, 0.1) is 0 Å². The molecule has 0 aliphatic heterocycles. The Labute approximate surface area is 134 Å². The SMILES string of the molecule is CCCCCCCCC(CCCCCCC)C1CC(N)C1. The Balaban J connectivity index is 2.10. The molecular formula is C20H41N. The zero-order chi connectivity index (χ0) is 15.3. The lowest BCUT2D eigenvalue weighted by Crippen LogP contribution is -2.40. The van der Waals surface area contributed by atoms with Crippen molar-refractivity contribution >= 4 is 0 Å². The van der Waals surface area contributed by atoms with E-state index in [1.807, 2.05) is 0 Å². The molecule has 1 saturated carbocycles. The molecule has 1 atom stereocenters. The third-order valence-corrected chi connectivity index (χ3v) is 5.48. The van der Waals surface area contributed by atoms with Crippen LogP contribution in [-0.2, 0) is 0 Å². The van der Waals surface area contributed by atoms with Gasteiger partial charge in [0.2, 0.25) is 0 Å². The molecule has 0 saturated heterocycles. The molecule has 0 heterocycles. The maximum atomic E-state index is 6.01. The van der Waals surface area contributed by atoms with Crippen LogP contribution in [0.1, 0.15) is 110 Å². The Hall–Kier alpha value is -0.0400. The van der Waals surface area contributed by atoms with Crippen molar-refractivity contribution in [2.24, 2.45) is 17.6 Å². The first kappa shape index (κ1) is 19.0. The number of hydrogen-bond acceptors (Lipinski definition) is 1. The summed E-state index contributed by atoms with van der Waals surface area (Å²) in [5.74, 6) is 1.97. The van der Waals surface area contributed by atoms with Crippen LogP contribution in [0.15, 0.2) is 0 Å². The Morgan fingerprint density at radius 3 is 1.57 bits per heavy atom. The molecule has 1 rings (SSSR count). The molecule has 1 nitrogen and oxygen atoms in total. The predicted molar refractivity (Wildman–Crippen MR) is 95.6 cm³/mol. The van der Waals surface area contributed by atoms with Gasteiger partial charge in [0, 0.05) is 6.04 Å². The maximum Gasteiger partial charge on any atom is 0.00443 e. The van der Waals surface area contributed by atoms with Gasteiger partial charge < -0.3 is 5.73 Å². The molecule has 0 bridgehead atoms. The number of nitrogens with two attached hydrogens (primary N) is 1. The Bertz CT molecular complexity index is 220. The second-order valence-corrected chi connectivity index (χ2v) is 7.51. The van der Waals surface area contributed by atoms with Crippen molar-refractivity contribution in [1.29, 1.82) is 0 Å². The summed E-state index contributed by atoms with van der Waals surface area (Å²) in [6.45, 7) is 4.60. The Morgan fingerprint density at radius 1 is 0.714 bits per heavy atom. The maximum absolute atomic E-state index is 6.01. The summed E-state index contributed by atoms with van der Waals surface area (Å²) in [4.78, 5) is 0. The van der Waals surface area contributed by atoms with Crippen molar-refractivity contribution < 1.29 is 0 Å². The van der Waals surface area contributed by atoms with Gasteiger partial charge in [0.1, 0.15) is 0 Å². The fraction of sp³-hybridized carbons (Fsp3) is 1.00. The molecule has 1 fully saturated rings. The van der Waals surface area contributed by atoms with Crippen LogP contribution in [0.2, 0.25) is 0 Å². The summed E-state index contributed by atoms with van der Waals surface area (Å²) in [7, 11) is 0. The first-order valence-electron chi connectivity index (χ1n) is 10.0. The van der Waals surface area contributed by atoms with Gasteiger partial charge in [-0.3, -0.25) is 0 Å². The number of rotatable bonds is 14. The summed E-state index contributed by atoms with van der Waals surface area (Å²) in [5, 5.41) is 0. The molecule has 0 spiro atoms. The molecule has 0 amide bonds. The lowest BCUT2D eigenvalue weighted by molar-refractivity contribution is 0.152. The van der Waals surface area contributed by atoms with E-state index in [0.717, 1.165) is 11.8 Å². The van der Waals surface area contributed by atoms with Crippen molar-refractivity contribution in [3.63, 3.8) is 0 Å². The van der Waals surface area contributed by atoms with E-state index in [1.54, 1.807) is 0 Å². The first-order chi connectivity index (χ1) is 10.3. The van der Waals surface area contributed by atoms with Crippen LogP contribution < -0.4 is 5.73 Å². The average Bonchev–Trinajstić information content (AvgIpc) is 2.45. The van der Waals surface area contributed by atoms with E-state index < -0.39 is 0 Å². The minimum atomic E-state index is 0.530. The Morgan fingerprint density at radius 2 is 1.14 bits per heavy atom. The highest BCUT2D eigenvalue weighted by atomic mass is 14.7. The molecule has 0 aromatic heterocycles. The van der Waals surface area contributed by atoms with E-state index in [9.17, 15) is 0 Å². The van der Waals surface area contributed by atoms with Crippen LogP contribution in [0.3, 0.4) is 0 Å². The van der Waals surface area contributed by atoms with Gasteiger partial charge >= 0.3 is 0 Å². The van der Waals surface area contributed by atoms with E-state index in [4.69, 9.17) is 5.73 Å². The van der Waals surface area contributed by atoms with Gasteiger partial charge in [0.15, 0.2) is 0 Å². The van der Waals surface area contributed by atoms with Crippen LogP contribution in [-0.4, -0.2) is 6.04 Å². The van der Waals surface area contributed by atoms with Gasteiger partial charge in [-0.2, -0.15) is 0 Å². The lowest BCUT2D eigenvalue weighted by atomic mass is 9.69. The molecular weight excluding hydrogens is 254 g/mol. The molecule has 1 heteroatoms. The second-order valence-electron chi connectivity index (χ2n) is 7.51.